The molecule has 0 heterocycles. The van der Waals surface area contributed by atoms with E-state index in [4.69, 9.17) is 4.74 Å². The van der Waals surface area contributed by atoms with Crippen LogP contribution in [0, 0.1) is 11.6 Å². The minimum Gasteiger partial charge on any atom is -0.464 e. The molecular weight excluding hydrogens is 280 g/mol. The van der Waals surface area contributed by atoms with Crippen molar-refractivity contribution in [2.75, 3.05) is 11.5 Å². The SMILES string of the molecule is CCCC(C(=O)OCC)N(C(C)=O)c1cc(F)cc(F)c1. The van der Waals surface area contributed by atoms with E-state index in [-0.39, 0.29) is 12.3 Å². The number of esters is 1. The lowest BCUT2D eigenvalue weighted by Gasteiger charge is -2.29. The van der Waals surface area contributed by atoms with E-state index in [1.54, 1.807) is 6.92 Å². The first-order valence-corrected chi connectivity index (χ1v) is 6.83. The molecule has 1 unspecified atom stereocenters. The van der Waals surface area contributed by atoms with Crippen LogP contribution in [0.25, 0.3) is 0 Å². The summed E-state index contributed by atoms with van der Waals surface area (Å²) in [5, 5.41) is 0. The van der Waals surface area contributed by atoms with E-state index in [2.05, 4.69) is 0 Å². The van der Waals surface area contributed by atoms with E-state index in [9.17, 15) is 18.4 Å². The van der Waals surface area contributed by atoms with E-state index in [0.717, 1.165) is 17.0 Å². The molecule has 116 valence electrons. The summed E-state index contributed by atoms with van der Waals surface area (Å²) >= 11 is 0. The molecule has 1 aromatic rings. The first kappa shape index (κ1) is 17.1. The number of hydrogen-bond donors (Lipinski definition) is 0. The fourth-order valence-electron chi connectivity index (χ4n) is 2.12. The van der Waals surface area contributed by atoms with Gasteiger partial charge in [0.2, 0.25) is 5.91 Å². The lowest BCUT2D eigenvalue weighted by molar-refractivity contribution is -0.146. The molecule has 0 aliphatic rings. The maximum atomic E-state index is 13.4. The molecule has 1 atom stereocenters. The Hall–Kier alpha value is -1.98. The van der Waals surface area contributed by atoms with E-state index < -0.39 is 29.6 Å². The molecule has 21 heavy (non-hydrogen) atoms. The number of carbonyl (C=O) groups excluding carboxylic acids is 2. The first-order chi connectivity index (χ1) is 9.90. The standard InChI is InChI=1S/C15H19F2NO3/c1-4-6-14(15(20)21-5-2)18(10(3)19)13-8-11(16)7-12(17)9-13/h7-9,14H,4-6H2,1-3H3. The van der Waals surface area contributed by atoms with Gasteiger partial charge in [0.15, 0.2) is 0 Å². The number of amides is 1. The van der Waals surface area contributed by atoms with Crippen molar-refractivity contribution in [3.8, 4) is 0 Å². The zero-order valence-electron chi connectivity index (χ0n) is 12.4. The summed E-state index contributed by atoms with van der Waals surface area (Å²) in [5.74, 6) is -2.68. The van der Waals surface area contributed by atoms with Crippen molar-refractivity contribution in [1.29, 1.82) is 0 Å². The molecule has 1 aromatic carbocycles. The van der Waals surface area contributed by atoms with Crippen LogP contribution in [0.15, 0.2) is 18.2 Å². The van der Waals surface area contributed by atoms with Crippen molar-refractivity contribution >= 4 is 17.6 Å². The number of anilines is 1. The van der Waals surface area contributed by atoms with Gasteiger partial charge >= 0.3 is 5.97 Å². The lowest BCUT2D eigenvalue weighted by atomic mass is 10.1. The molecule has 0 aliphatic carbocycles. The Balaban J connectivity index is 3.23. The van der Waals surface area contributed by atoms with Gasteiger partial charge in [-0.1, -0.05) is 13.3 Å². The number of hydrogen-bond acceptors (Lipinski definition) is 3. The van der Waals surface area contributed by atoms with E-state index in [0.29, 0.717) is 18.9 Å². The third-order valence-corrected chi connectivity index (χ3v) is 2.90. The third kappa shape index (κ3) is 4.51. The monoisotopic (exact) mass is 299 g/mol. The second-order valence-corrected chi connectivity index (χ2v) is 4.57. The Labute approximate surface area is 122 Å². The van der Waals surface area contributed by atoms with Crippen LogP contribution in [0.3, 0.4) is 0 Å². The van der Waals surface area contributed by atoms with Gasteiger partial charge < -0.3 is 4.74 Å². The molecule has 4 nitrogen and oxygen atoms in total. The van der Waals surface area contributed by atoms with Crippen LogP contribution < -0.4 is 4.90 Å². The fraction of sp³-hybridized carbons (Fsp3) is 0.467. The van der Waals surface area contributed by atoms with Crippen LogP contribution in [0.2, 0.25) is 0 Å². The van der Waals surface area contributed by atoms with Crippen molar-refractivity contribution in [2.24, 2.45) is 0 Å². The molecule has 0 saturated carbocycles. The molecule has 0 spiro atoms. The molecule has 1 amide bonds. The van der Waals surface area contributed by atoms with Crippen molar-refractivity contribution in [3.63, 3.8) is 0 Å². The molecule has 1 rings (SSSR count). The zero-order chi connectivity index (χ0) is 16.0. The molecule has 0 bridgehead atoms. The Morgan fingerprint density at radius 3 is 2.19 bits per heavy atom. The normalized spacial score (nSPS) is 11.9. The third-order valence-electron chi connectivity index (χ3n) is 2.90. The number of benzene rings is 1. The molecule has 0 saturated heterocycles. The Kier molecular flexibility index (Phi) is 6.27. The van der Waals surface area contributed by atoms with Gasteiger partial charge in [0.1, 0.15) is 17.7 Å². The Morgan fingerprint density at radius 1 is 1.19 bits per heavy atom. The molecule has 0 aliphatic heterocycles. The fourth-order valence-corrected chi connectivity index (χ4v) is 2.12. The summed E-state index contributed by atoms with van der Waals surface area (Å²) in [4.78, 5) is 25.0. The summed E-state index contributed by atoms with van der Waals surface area (Å²) in [6, 6.07) is 1.85. The van der Waals surface area contributed by atoms with E-state index >= 15 is 0 Å². The molecule has 0 fully saturated rings. The van der Waals surface area contributed by atoms with Gasteiger partial charge in [0.05, 0.1) is 12.3 Å². The summed E-state index contributed by atoms with van der Waals surface area (Å²) in [6.07, 6.45) is 0.960. The summed E-state index contributed by atoms with van der Waals surface area (Å²) in [5.41, 5.74) is 0.00602. The van der Waals surface area contributed by atoms with E-state index in [1.165, 1.54) is 6.92 Å². The van der Waals surface area contributed by atoms with Crippen LogP contribution in [-0.4, -0.2) is 24.5 Å². The van der Waals surface area contributed by atoms with Crippen LogP contribution in [0.4, 0.5) is 14.5 Å². The van der Waals surface area contributed by atoms with Crippen LogP contribution >= 0.6 is 0 Å². The number of rotatable bonds is 6. The number of carbonyl (C=O) groups is 2. The second kappa shape index (κ2) is 7.71. The number of ether oxygens (including phenoxy) is 1. The minimum absolute atomic E-state index is 0.00602. The maximum absolute atomic E-state index is 13.4. The summed E-state index contributed by atoms with van der Waals surface area (Å²) in [6.45, 7) is 4.91. The molecule has 6 heteroatoms. The van der Waals surface area contributed by atoms with E-state index in [1.807, 2.05) is 6.92 Å². The van der Waals surface area contributed by atoms with Gasteiger partial charge in [-0.05, 0) is 25.5 Å². The highest BCUT2D eigenvalue weighted by atomic mass is 19.1. The predicted molar refractivity (Wildman–Crippen MR) is 74.8 cm³/mol. The Bertz CT molecular complexity index is 499. The average Bonchev–Trinajstić information content (AvgIpc) is 2.36. The second-order valence-electron chi connectivity index (χ2n) is 4.57. The van der Waals surface area contributed by atoms with Crippen LogP contribution in [0.1, 0.15) is 33.6 Å². The maximum Gasteiger partial charge on any atom is 0.329 e. The Morgan fingerprint density at radius 2 is 1.76 bits per heavy atom. The number of halogens is 2. The molecular formula is C15H19F2NO3. The highest BCUT2D eigenvalue weighted by Crippen LogP contribution is 2.23. The minimum atomic E-state index is -0.895. The quantitative estimate of drug-likeness (QED) is 0.758. The highest BCUT2D eigenvalue weighted by molar-refractivity contribution is 5.98. The smallest absolute Gasteiger partial charge is 0.329 e. The summed E-state index contributed by atoms with van der Waals surface area (Å²) in [7, 11) is 0. The van der Waals surface area contributed by atoms with Gasteiger partial charge in [0.25, 0.3) is 0 Å². The van der Waals surface area contributed by atoms with Crippen molar-refractivity contribution in [1.82, 2.24) is 0 Å². The van der Waals surface area contributed by atoms with Crippen molar-refractivity contribution in [3.05, 3.63) is 29.8 Å². The van der Waals surface area contributed by atoms with Gasteiger partial charge in [-0.15, -0.1) is 0 Å². The van der Waals surface area contributed by atoms with Gasteiger partial charge in [-0.25, -0.2) is 13.6 Å². The predicted octanol–water partition coefficient (Wildman–Crippen LogP) is 3.05. The molecule has 0 aromatic heterocycles. The van der Waals surface area contributed by atoms with Crippen molar-refractivity contribution < 1.29 is 23.1 Å². The van der Waals surface area contributed by atoms with Crippen LogP contribution in [0.5, 0.6) is 0 Å². The van der Waals surface area contributed by atoms with Gasteiger partial charge in [-0.2, -0.15) is 0 Å². The molecule has 0 radical (unpaired) electrons. The molecule has 0 N–H and O–H groups in total. The van der Waals surface area contributed by atoms with Crippen molar-refractivity contribution in [2.45, 2.75) is 39.7 Å². The lowest BCUT2D eigenvalue weighted by Crippen LogP contribution is -2.45. The largest absolute Gasteiger partial charge is 0.464 e. The highest BCUT2D eigenvalue weighted by Gasteiger charge is 2.30. The topological polar surface area (TPSA) is 46.6 Å². The average molecular weight is 299 g/mol. The number of nitrogens with zero attached hydrogens (tertiary/aromatic N) is 1. The van der Waals surface area contributed by atoms with Gasteiger partial charge in [-0.3, -0.25) is 9.69 Å². The zero-order valence-corrected chi connectivity index (χ0v) is 12.4. The summed E-state index contributed by atoms with van der Waals surface area (Å²) < 4.78 is 31.7. The van der Waals surface area contributed by atoms with Crippen LogP contribution in [-0.2, 0) is 14.3 Å². The van der Waals surface area contributed by atoms with Gasteiger partial charge in [0, 0.05) is 13.0 Å². The first-order valence-electron chi connectivity index (χ1n) is 6.83.